The van der Waals surface area contributed by atoms with E-state index < -0.39 is 0 Å². The van der Waals surface area contributed by atoms with Gasteiger partial charge in [-0.2, -0.15) is 0 Å². The fourth-order valence-corrected chi connectivity index (χ4v) is 3.98. The molecule has 7 heteroatoms. The van der Waals surface area contributed by atoms with Crippen LogP contribution >= 0.6 is 27.3 Å². The molecule has 2 heterocycles. The molecular formula is C18H17BrFNO3S. The third-order valence-electron chi connectivity index (χ3n) is 4.21. The Morgan fingerprint density at radius 2 is 1.92 bits per heavy atom. The van der Waals surface area contributed by atoms with E-state index in [1.165, 1.54) is 24.3 Å². The zero-order chi connectivity index (χ0) is 17.8. The number of hydrogen-bond donors (Lipinski definition) is 0. The van der Waals surface area contributed by atoms with E-state index in [9.17, 15) is 14.0 Å². The lowest BCUT2D eigenvalue weighted by Gasteiger charge is -2.31. The molecule has 1 aliphatic rings. The van der Waals surface area contributed by atoms with Crippen LogP contribution in [-0.4, -0.2) is 29.9 Å². The highest BCUT2D eigenvalue weighted by molar-refractivity contribution is 9.11. The van der Waals surface area contributed by atoms with E-state index in [0.29, 0.717) is 31.5 Å². The molecule has 1 fully saturated rings. The molecular weight excluding hydrogens is 409 g/mol. The molecule has 1 aromatic carbocycles. The number of likely N-dealkylation sites (tertiary alicyclic amines) is 1. The number of rotatable bonds is 4. The average molecular weight is 426 g/mol. The van der Waals surface area contributed by atoms with Crippen molar-refractivity contribution in [2.75, 3.05) is 13.1 Å². The highest BCUT2D eigenvalue weighted by Gasteiger charge is 2.28. The first-order valence-corrected chi connectivity index (χ1v) is 9.64. The number of hydrogen-bond acceptors (Lipinski definition) is 4. The van der Waals surface area contributed by atoms with E-state index in [0.717, 1.165) is 9.35 Å². The van der Waals surface area contributed by atoms with Crippen molar-refractivity contribution >= 4 is 39.1 Å². The highest BCUT2D eigenvalue weighted by atomic mass is 79.9. The van der Waals surface area contributed by atoms with Crippen LogP contribution in [-0.2, 0) is 16.1 Å². The summed E-state index contributed by atoms with van der Waals surface area (Å²) in [6, 6.07) is 7.45. The Morgan fingerprint density at radius 3 is 2.52 bits per heavy atom. The van der Waals surface area contributed by atoms with Gasteiger partial charge < -0.3 is 9.64 Å². The summed E-state index contributed by atoms with van der Waals surface area (Å²) in [5.74, 6) is -0.888. The number of thiophene rings is 1. The van der Waals surface area contributed by atoms with Gasteiger partial charge in [0.2, 0.25) is 0 Å². The minimum Gasteiger partial charge on any atom is -0.461 e. The van der Waals surface area contributed by atoms with Gasteiger partial charge in [-0.15, -0.1) is 11.3 Å². The fraction of sp³-hybridized carbons (Fsp3) is 0.333. The predicted octanol–water partition coefficient (Wildman–Crippen LogP) is 4.25. The number of piperidine rings is 1. The van der Waals surface area contributed by atoms with Crippen LogP contribution in [0.2, 0.25) is 0 Å². The van der Waals surface area contributed by atoms with Crippen LogP contribution in [0.15, 0.2) is 39.5 Å². The second-order valence-electron chi connectivity index (χ2n) is 5.94. The van der Waals surface area contributed by atoms with E-state index in [1.54, 1.807) is 16.2 Å². The van der Waals surface area contributed by atoms with Gasteiger partial charge in [0, 0.05) is 24.2 Å². The lowest BCUT2D eigenvalue weighted by atomic mass is 9.96. The molecule has 1 saturated heterocycles. The number of benzene rings is 1. The highest BCUT2D eigenvalue weighted by Crippen LogP contribution is 2.23. The van der Waals surface area contributed by atoms with Crippen LogP contribution < -0.4 is 0 Å². The van der Waals surface area contributed by atoms with Crippen LogP contribution in [0.5, 0.6) is 0 Å². The van der Waals surface area contributed by atoms with Crippen LogP contribution in [0.25, 0.3) is 0 Å². The zero-order valence-electron chi connectivity index (χ0n) is 13.4. The van der Waals surface area contributed by atoms with E-state index in [-0.39, 0.29) is 30.2 Å². The Hall–Kier alpha value is -1.73. The molecule has 0 saturated carbocycles. The van der Waals surface area contributed by atoms with Crippen molar-refractivity contribution in [3.63, 3.8) is 0 Å². The van der Waals surface area contributed by atoms with Crippen molar-refractivity contribution in [2.24, 2.45) is 5.92 Å². The van der Waals surface area contributed by atoms with Crippen LogP contribution in [0, 0.1) is 11.7 Å². The Balaban J connectivity index is 1.48. The maximum absolute atomic E-state index is 13.0. The number of carbonyl (C=O) groups excluding carboxylic acids is 2. The molecule has 0 atom stereocenters. The molecule has 3 rings (SSSR count). The molecule has 4 nitrogen and oxygen atoms in total. The van der Waals surface area contributed by atoms with Gasteiger partial charge in [0.1, 0.15) is 12.4 Å². The molecule has 1 amide bonds. The topological polar surface area (TPSA) is 46.6 Å². The molecule has 0 bridgehead atoms. The second kappa shape index (κ2) is 8.10. The van der Waals surface area contributed by atoms with Gasteiger partial charge in [0.25, 0.3) is 5.91 Å². The molecule has 0 radical (unpaired) electrons. The lowest BCUT2D eigenvalue weighted by Crippen LogP contribution is -2.40. The van der Waals surface area contributed by atoms with E-state index in [4.69, 9.17) is 4.74 Å². The molecule has 0 N–H and O–H groups in total. The van der Waals surface area contributed by atoms with Gasteiger partial charge in [0.05, 0.1) is 9.70 Å². The number of carbonyl (C=O) groups is 2. The van der Waals surface area contributed by atoms with Crippen LogP contribution in [0.3, 0.4) is 0 Å². The van der Waals surface area contributed by atoms with Gasteiger partial charge in [-0.25, -0.2) is 4.39 Å². The first-order chi connectivity index (χ1) is 12.0. The van der Waals surface area contributed by atoms with Crippen LogP contribution in [0.4, 0.5) is 4.39 Å². The van der Waals surface area contributed by atoms with Crippen molar-refractivity contribution < 1.29 is 18.7 Å². The molecule has 0 spiro atoms. The molecule has 0 unspecified atom stereocenters. The van der Waals surface area contributed by atoms with E-state index in [1.807, 2.05) is 11.4 Å². The smallest absolute Gasteiger partial charge is 0.309 e. The minimum absolute atomic E-state index is 0.130. The van der Waals surface area contributed by atoms with Gasteiger partial charge in [-0.3, -0.25) is 9.59 Å². The van der Waals surface area contributed by atoms with Crippen molar-refractivity contribution in [2.45, 2.75) is 19.4 Å². The van der Waals surface area contributed by atoms with Gasteiger partial charge in [-0.1, -0.05) is 0 Å². The predicted molar refractivity (Wildman–Crippen MR) is 96.8 cm³/mol. The third-order valence-corrected chi connectivity index (χ3v) is 5.76. The monoisotopic (exact) mass is 425 g/mol. The molecule has 25 heavy (non-hydrogen) atoms. The molecule has 2 aromatic rings. The average Bonchev–Trinajstić information content (AvgIpc) is 3.05. The Morgan fingerprint density at radius 1 is 1.24 bits per heavy atom. The standard InChI is InChI=1S/C18H17BrFNO3S/c19-16-9-12(11-25-16)10-24-18(23)14-5-7-21(8-6-14)17(22)13-1-3-15(20)4-2-13/h1-4,9,11,14H,5-8,10H2. The maximum atomic E-state index is 13.0. The van der Waals surface area contributed by atoms with Crippen LogP contribution in [0.1, 0.15) is 28.8 Å². The fourth-order valence-electron chi connectivity index (χ4n) is 2.79. The summed E-state index contributed by atoms with van der Waals surface area (Å²) >= 11 is 4.93. The van der Waals surface area contributed by atoms with Gasteiger partial charge in [0.15, 0.2) is 0 Å². The first-order valence-electron chi connectivity index (χ1n) is 7.97. The summed E-state index contributed by atoms with van der Waals surface area (Å²) in [5.41, 5.74) is 1.43. The summed E-state index contributed by atoms with van der Waals surface area (Å²) in [6.45, 7) is 1.27. The summed E-state index contributed by atoms with van der Waals surface area (Å²) in [7, 11) is 0. The van der Waals surface area contributed by atoms with E-state index in [2.05, 4.69) is 15.9 Å². The number of halogens is 2. The second-order valence-corrected chi connectivity index (χ2v) is 8.23. The lowest BCUT2D eigenvalue weighted by molar-refractivity contribution is -0.151. The van der Waals surface area contributed by atoms with Gasteiger partial charge >= 0.3 is 5.97 Å². The SMILES string of the molecule is O=C(OCc1csc(Br)c1)C1CCN(C(=O)c2ccc(F)cc2)CC1. The van der Waals surface area contributed by atoms with Crippen molar-refractivity contribution in [1.29, 1.82) is 0 Å². The van der Waals surface area contributed by atoms with Crippen molar-refractivity contribution in [3.8, 4) is 0 Å². The van der Waals surface area contributed by atoms with Crippen molar-refractivity contribution in [1.82, 2.24) is 4.90 Å². The van der Waals surface area contributed by atoms with Crippen molar-refractivity contribution in [3.05, 3.63) is 56.4 Å². The number of ether oxygens (including phenoxy) is 1. The summed E-state index contributed by atoms with van der Waals surface area (Å²) in [5, 5.41) is 1.95. The summed E-state index contributed by atoms with van der Waals surface area (Å²) in [6.07, 6.45) is 1.16. The van der Waals surface area contributed by atoms with Gasteiger partial charge in [-0.05, 0) is 64.5 Å². The summed E-state index contributed by atoms with van der Waals surface area (Å²) in [4.78, 5) is 26.3. The number of esters is 1. The first kappa shape index (κ1) is 18.1. The quantitative estimate of drug-likeness (QED) is 0.687. The molecule has 1 aromatic heterocycles. The summed E-state index contributed by atoms with van der Waals surface area (Å²) < 4.78 is 19.3. The Labute approximate surface area is 157 Å². The normalized spacial score (nSPS) is 15.2. The zero-order valence-corrected chi connectivity index (χ0v) is 15.8. The molecule has 0 aliphatic carbocycles. The largest absolute Gasteiger partial charge is 0.461 e. The molecule has 132 valence electrons. The Bertz CT molecular complexity index is 754. The maximum Gasteiger partial charge on any atom is 0.309 e. The number of amides is 1. The third kappa shape index (κ3) is 4.67. The molecule has 1 aliphatic heterocycles. The Kier molecular flexibility index (Phi) is 5.86. The number of nitrogens with zero attached hydrogens (tertiary/aromatic N) is 1. The van der Waals surface area contributed by atoms with E-state index >= 15 is 0 Å². The minimum atomic E-state index is -0.365.